The summed E-state index contributed by atoms with van der Waals surface area (Å²) in [7, 11) is 0. The standard InChI is InChI=1S/C17H18N6O/c18-7-5-13(24)9-11-1-3-12(4-2-11)17-22-21-15-10-20-16-14(23(15)17)6-8-19-16/h6,8,10-12,19H,1-5,9H2. The molecular weight excluding hydrogens is 304 g/mol. The average Bonchev–Trinajstić information content (AvgIpc) is 3.21. The Kier molecular flexibility index (Phi) is 3.73. The van der Waals surface area contributed by atoms with E-state index in [1.54, 1.807) is 6.20 Å². The predicted octanol–water partition coefficient (Wildman–Crippen LogP) is 2.75. The zero-order valence-electron chi connectivity index (χ0n) is 13.3. The number of hydrogen-bond donors (Lipinski definition) is 1. The second-order valence-corrected chi connectivity index (χ2v) is 6.52. The topological polar surface area (TPSA) is 99.7 Å². The Labute approximate surface area is 138 Å². The third-order valence-electron chi connectivity index (χ3n) is 4.97. The Bertz CT molecular complexity index is 926. The quantitative estimate of drug-likeness (QED) is 0.796. The monoisotopic (exact) mass is 322 g/mol. The molecule has 0 amide bonds. The Morgan fingerprint density at radius 2 is 2.17 bits per heavy atom. The van der Waals surface area contributed by atoms with E-state index in [1.165, 1.54) is 0 Å². The number of carbonyl (C=O) groups excluding carboxylic acids is 1. The summed E-state index contributed by atoms with van der Waals surface area (Å²) in [6.07, 6.45) is 8.18. The van der Waals surface area contributed by atoms with Gasteiger partial charge in [0, 0.05) is 18.5 Å². The van der Waals surface area contributed by atoms with Crippen LogP contribution in [0.15, 0.2) is 18.5 Å². The zero-order chi connectivity index (χ0) is 16.5. The second kappa shape index (κ2) is 6.04. The molecule has 3 aromatic heterocycles. The van der Waals surface area contributed by atoms with Gasteiger partial charge in [0.2, 0.25) is 0 Å². The van der Waals surface area contributed by atoms with E-state index in [0.717, 1.165) is 48.3 Å². The molecule has 1 saturated carbocycles. The fourth-order valence-corrected chi connectivity index (χ4v) is 3.77. The minimum Gasteiger partial charge on any atom is -0.345 e. The molecule has 0 unspecified atom stereocenters. The van der Waals surface area contributed by atoms with Gasteiger partial charge in [0.25, 0.3) is 0 Å². The summed E-state index contributed by atoms with van der Waals surface area (Å²) in [5, 5.41) is 17.3. The molecule has 4 rings (SSSR count). The summed E-state index contributed by atoms with van der Waals surface area (Å²) in [5.74, 6) is 1.80. The molecule has 0 bridgehead atoms. The normalized spacial score (nSPS) is 21.1. The summed E-state index contributed by atoms with van der Waals surface area (Å²) in [5.41, 5.74) is 2.60. The van der Waals surface area contributed by atoms with Gasteiger partial charge >= 0.3 is 0 Å². The van der Waals surface area contributed by atoms with Crippen LogP contribution in [0.4, 0.5) is 0 Å². The number of aromatic amines is 1. The molecule has 1 fully saturated rings. The maximum Gasteiger partial charge on any atom is 0.179 e. The lowest BCUT2D eigenvalue weighted by Crippen LogP contribution is -2.18. The third kappa shape index (κ3) is 2.54. The number of nitrogens with one attached hydrogen (secondary N) is 1. The predicted molar refractivity (Wildman–Crippen MR) is 87.2 cm³/mol. The van der Waals surface area contributed by atoms with Gasteiger partial charge in [-0.25, -0.2) is 4.98 Å². The number of carbonyl (C=O) groups is 1. The highest BCUT2D eigenvalue weighted by Crippen LogP contribution is 2.37. The smallest absolute Gasteiger partial charge is 0.179 e. The van der Waals surface area contributed by atoms with Gasteiger partial charge in [-0.05, 0) is 37.7 Å². The maximum atomic E-state index is 11.7. The van der Waals surface area contributed by atoms with E-state index < -0.39 is 0 Å². The first kappa shape index (κ1) is 14.8. The number of nitriles is 1. The first-order valence-electron chi connectivity index (χ1n) is 8.32. The van der Waals surface area contributed by atoms with Crippen LogP contribution in [-0.4, -0.2) is 30.3 Å². The van der Waals surface area contributed by atoms with Crippen molar-refractivity contribution in [2.24, 2.45) is 5.92 Å². The average molecular weight is 322 g/mol. The van der Waals surface area contributed by atoms with Crippen LogP contribution in [0.3, 0.4) is 0 Å². The summed E-state index contributed by atoms with van der Waals surface area (Å²) >= 11 is 0. The minimum absolute atomic E-state index is 0.0349. The van der Waals surface area contributed by atoms with Crippen molar-refractivity contribution in [1.82, 2.24) is 24.6 Å². The van der Waals surface area contributed by atoms with Crippen molar-refractivity contribution in [3.63, 3.8) is 0 Å². The van der Waals surface area contributed by atoms with Crippen LogP contribution in [-0.2, 0) is 4.79 Å². The van der Waals surface area contributed by atoms with Crippen molar-refractivity contribution in [2.75, 3.05) is 0 Å². The van der Waals surface area contributed by atoms with E-state index in [1.807, 2.05) is 18.3 Å². The van der Waals surface area contributed by atoms with Crippen LogP contribution in [0.5, 0.6) is 0 Å². The van der Waals surface area contributed by atoms with Gasteiger partial charge in [-0.2, -0.15) is 5.26 Å². The molecule has 3 aromatic rings. The number of rotatable bonds is 4. The molecule has 0 aromatic carbocycles. The largest absolute Gasteiger partial charge is 0.345 e. The molecule has 24 heavy (non-hydrogen) atoms. The van der Waals surface area contributed by atoms with Gasteiger partial charge < -0.3 is 4.98 Å². The summed E-state index contributed by atoms with van der Waals surface area (Å²) in [4.78, 5) is 19.1. The minimum atomic E-state index is 0.0349. The van der Waals surface area contributed by atoms with E-state index in [-0.39, 0.29) is 12.2 Å². The van der Waals surface area contributed by atoms with Crippen molar-refractivity contribution in [3.8, 4) is 6.07 Å². The van der Waals surface area contributed by atoms with Crippen LogP contribution in [0.25, 0.3) is 16.8 Å². The fourth-order valence-electron chi connectivity index (χ4n) is 3.77. The van der Waals surface area contributed by atoms with Crippen molar-refractivity contribution in [3.05, 3.63) is 24.3 Å². The lowest BCUT2D eigenvalue weighted by atomic mass is 9.79. The van der Waals surface area contributed by atoms with Crippen LogP contribution in [0.1, 0.15) is 50.3 Å². The highest BCUT2D eigenvalue weighted by atomic mass is 16.1. The lowest BCUT2D eigenvalue weighted by molar-refractivity contribution is -0.119. The van der Waals surface area contributed by atoms with Crippen molar-refractivity contribution in [1.29, 1.82) is 5.26 Å². The number of H-pyrrole nitrogens is 1. The Morgan fingerprint density at radius 3 is 2.96 bits per heavy atom. The molecule has 1 aliphatic carbocycles. The molecule has 122 valence electrons. The van der Waals surface area contributed by atoms with Gasteiger partial charge in [0.15, 0.2) is 11.3 Å². The van der Waals surface area contributed by atoms with E-state index in [2.05, 4.69) is 24.6 Å². The molecule has 1 N–H and O–H groups in total. The van der Waals surface area contributed by atoms with Gasteiger partial charge in [0.05, 0.1) is 24.2 Å². The molecular formula is C17H18N6O. The van der Waals surface area contributed by atoms with Crippen LogP contribution in [0, 0.1) is 17.2 Å². The number of aromatic nitrogens is 5. The number of fused-ring (bicyclic) bond motifs is 3. The van der Waals surface area contributed by atoms with Gasteiger partial charge in [-0.1, -0.05) is 0 Å². The van der Waals surface area contributed by atoms with Gasteiger partial charge in [-0.3, -0.25) is 9.20 Å². The summed E-state index contributed by atoms with van der Waals surface area (Å²) in [6.45, 7) is 0. The molecule has 7 heteroatoms. The first-order chi connectivity index (χ1) is 11.8. The lowest BCUT2D eigenvalue weighted by Gasteiger charge is -2.27. The SMILES string of the molecule is N#CCC(=O)CC1CCC(c2nnc3cnc4[nH]ccc4n23)CC1. The van der Waals surface area contributed by atoms with Crippen LogP contribution in [0.2, 0.25) is 0 Å². The molecule has 0 atom stereocenters. The second-order valence-electron chi connectivity index (χ2n) is 6.52. The Morgan fingerprint density at radius 1 is 1.33 bits per heavy atom. The Hall–Kier alpha value is -2.75. The van der Waals surface area contributed by atoms with E-state index >= 15 is 0 Å². The summed E-state index contributed by atoms with van der Waals surface area (Å²) in [6, 6.07) is 3.94. The van der Waals surface area contributed by atoms with Crippen molar-refractivity contribution >= 4 is 22.6 Å². The van der Waals surface area contributed by atoms with E-state index in [0.29, 0.717) is 18.3 Å². The highest BCUT2D eigenvalue weighted by Gasteiger charge is 2.27. The first-order valence-corrected chi connectivity index (χ1v) is 8.32. The molecule has 0 saturated heterocycles. The number of nitrogens with zero attached hydrogens (tertiary/aromatic N) is 5. The number of ketones is 1. The number of Topliss-reactive ketones (excluding diaryl/α,β-unsaturated/α-hetero) is 1. The van der Waals surface area contributed by atoms with Crippen LogP contribution < -0.4 is 0 Å². The molecule has 0 spiro atoms. The Balaban J connectivity index is 1.54. The van der Waals surface area contributed by atoms with Crippen LogP contribution >= 0.6 is 0 Å². The van der Waals surface area contributed by atoms with Crippen molar-refractivity contribution in [2.45, 2.75) is 44.4 Å². The fraction of sp³-hybridized carbons (Fsp3) is 0.471. The van der Waals surface area contributed by atoms with E-state index in [9.17, 15) is 4.79 Å². The summed E-state index contributed by atoms with van der Waals surface area (Å²) < 4.78 is 2.09. The van der Waals surface area contributed by atoms with Crippen molar-refractivity contribution < 1.29 is 4.79 Å². The molecule has 1 aliphatic rings. The highest BCUT2D eigenvalue weighted by molar-refractivity contribution is 5.80. The van der Waals surface area contributed by atoms with Gasteiger partial charge in [-0.15, -0.1) is 10.2 Å². The maximum absolute atomic E-state index is 11.7. The molecule has 0 radical (unpaired) electrons. The number of hydrogen-bond acceptors (Lipinski definition) is 5. The third-order valence-corrected chi connectivity index (χ3v) is 4.97. The van der Waals surface area contributed by atoms with Gasteiger partial charge in [0.1, 0.15) is 11.6 Å². The molecule has 3 heterocycles. The molecule has 0 aliphatic heterocycles. The van der Waals surface area contributed by atoms with E-state index in [4.69, 9.17) is 5.26 Å². The zero-order valence-corrected chi connectivity index (χ0v) is 13.3. The molecule has 7 nitrogen and oxygen atoms in total.